The van der Waals surface area contributed by atoms with Gasteiger partial charge in [0.2, 0.25) is 0 Å². The van der Waals surface area contributed by atoms with Crippen molar-refractivity contribution >= 4 is 28.5 Å². The minimum Gasteiger partial charge on any atom is -0.493 e. The van der Waals surface area contributed by atoms with Gasteiger partial charge in [0.15, 0.2) is 11.5 Å². The van der Waals surface area contributed by atoms with E-state index in [0.29, 0.717) is 23.6 Å². The van der Waals surface area contributed by atoms with E-state index in [0.717, 1.165) is 16.7 Å². The van der Waals surface area contributed by atoms with Crippen molar-refractivity contribution in [2.75, 3.05) is 33.9 Å². The van der Waals surface area contributed by atoms with Gasteiger partial charge in [-0.25, -0.2) is 0 Å². The van der Waals surface area contributed by atoms with Crippen LogP contribution in [0.2, 0.25) is 0 Å². The molecule has 1 atom stereocenters. The van der Waals surface area contributed by atoms with Crippen LogP contribution in [-0.2, 0) is 0 Å². The minimum absolute atomic E-state index is 0.117. The van der Waals surface area contributed by atoms with Crippen LogP contribution in [0.3, 0.4) is 0 Å². The second-order valence-electron chi connectivity index (χ2n) is 6.04. The standard InChI is InChI=1S/C21H27IN2O3/c1-5-24(6-2)18(15-10-8-7-9-11-15)14-23-21(25)16-12-19(26-3)20(27-4)13-17(16)22/h7-13,18H,5-6,14H2,1-4H3,(H,23,25). The van der Waals surface area contributed by atoms with Crippen LogP contribution in [0.15, 0.2) is 42.5 Å². The molecule has 6 heteroatoms. The summed E-state index contributed by atoms with van der Waals surface area (Å²) in [5.41, 5.74) is 1.78. The summed E-state index contributed by atoms with van der Waals surface area (Å²) in [4.78, 5) is 15.2. The van der Waals surface area contributed by atoms with Gasteiger partial charge in [-0.1, -0.05) is 44.2 Å². The van der Waals surface area contributed by atoms with Crippen LogP contribution >= 0.6 is 22.6 Å². The van der Waals surface area contributed by atoms with Crippen molar-refractivity contribution in [1.29, 1.82) is 0 Å². The Labute approximate surface area is 175 Å². The van der Waals surface area contributed by atoms with E-state index in [1.807, 2.05) is 24.3 Å². The Kier molecular flexibility index (Phi) is 8.37. The van der Waals surface area contributed by atoms with Crippen molar-refractivity contribution in [2.45, 2.75) is 19.9 Å². The first kappa shape index (κ1) is 21.5. The van der Waals surface area contributed by atoms with Gasteiger partial charge in [0.1, 0.15) is 0 Å². The molecular formula is C21H27IN2O3. The van der Waals surface area contributed by atoms with Crippen LogP contribution in [0.5, 0.6) is 11.5 Å². The van der Waals surface area contributed by atoms with Crippen LogP contribution in [0.1, 0.15) is 35.8 Å². The van der Waals surface area contributed by atoms with Gasteiger partial charge in [0, 0.05) is 10.1 Å². The van der Waals surface area contributed by atoms with Crippen LogP contribution in [0, 0.1) is 3.57 Å². The van der Waals surface area contributed by atoms with Crippen molar-refractivity contribution in [3.63, 3.8) is 0 Å². The van der Waals surface area contributed by atoms with Crippen molar-refractivity contribution in [3.8, 4) is 11.5 Å². The summed E-state index contributed by atoms with van der Waals surface area (Å²) < 4.78 is 11.5. The highest BCUT2D eigenvalue weighted by Gasteiger charge is 2.21. The molecule has 0 aliphatic rings. The first-order chi connectivity index (χ1) is 13.0. The molecule has 0 bridgehead atoms. The molecule has 146 valence electrons. The Morgan fingerprint density at radius 3 is 2.22 bits per heavy atom. The number of nitrogens with one attached hydrogen (secondary N) is 1. The van der Waals surface area contributed by atoms with Crippen molar-refractivity contribution in [1.82, 2.24) is 10.2 Å². The molecule has 2 rings (SSSR count). The molecule has 0 fully saturated rings. The topological polar surface area (TPSA) is 50.8 Å². The molecule has 1 unspecified atom stereocenters. The Hall–Kier alpha value is -1.80. The number of methoxy groups -OCH3 is 2. The van der Waals surface area contributed by atoms with Crippen LogP contribution in [-0.4, -0.2) is 44.7 Å². The van der Waals surface area contributed by atoms with E-state index in [4.69, 9.17) is 9.47 Å². The van der Waals surface area contributed by atoms with E-state index in [1.54, 1.807) is 20.3 Å². The molecule has 0 aromatic heterocycles. The average molecular weight is 482 g/mol. The summed E-state index contributed by atoms with van der Waals surface area (Å²) >= 11 is 2.15. The van der Waals surface area contributed by atoms with Gasteiger partial charge in [-0.3, -0.25) is 9.69 Å². The molecule has 1 N–H and O–H groups in total. The maximum Gasteiger partial charge on any atom is 0.252 e. The number of amides is 1. The number of halogens is 1. The van der Waals surface area contributed by atoms with Crippen molar-refractivity contribution in [2.24, 2.45) is 0 Å². The lowest BCUT2D eigenvalue weighted by Crippen LogP contribution is -2.38. The Morgan fingerprint density at radius 1 is 1.07 bits per heavy atom. The number of likely N-dealkylation sites (N-methyl/N-ethyl adjacent to an activating group) is 1. The molecule has 2 aromatic rings. The fourth-order valence-electron chi connectivity index (χ4n) is 3.11. The lowest BCUT2D eigenvalue weighted by atomic mass is 10.0. The molecule has 27 heavy (non-hydrogen) atoms. The van der Waals surface area contributed by atoms with Crippen LogP contribution in [0.25, 0.3) is 0 Å². The van der Waals surface area contributed by atoms with E-state index >= 15 is 0 Å². The zero-order chi connectivity index (χ0) is 19.8. The van der Waals surface area contributed by atoms with Gasteiger partial charge in [-0.05, 0) is 53.4 Å². The SMILES string of the molecule is CCN(CC)C(CNC(=O)c1cc(OC)c(OC)cc1I)c1ccccc1. The number of carbonyl (C=O) groups excluding carboxylic acids is 1. The second-order valence-corrected chi connectivity index (χ2v) is 7.21. The van der Waals surface area contributed by atoms with Gasteiger partial charge >= 0.3 is 0 Å². The maximum atomic E-state index is 12.8. The molecule has 0 heterocycles. The normalized spacial score (nSPS) is 11.9. The first-order valence-corrected chi connectivity index (χ1v) is 10.1. The summed E-state index contributed by atoms with van der Waals surface area (Å²) in [7, 11) is 3.15. The van der Waals surface area contributed by atoms with E-state index in [-0.39, 0.29) is 11.9 Å². The highest BCUT2D eigenvalue weighted by Crippen LogP contribution is 2.31. The highest BCUT2D eigenvalue weighted by atomic mass is 127. The summed E-state index contributed by atoms with van der Waals surface area (Å²) in [5.74, 6) is 1.05. The van der Waals surface area contributed by atoms with E-state index in [9.17, 15) is 4.79 Å². The smallest absolute Gasteiger partial charge is 0.252 e. The molecule has 0 spiro atoms. The Balaban J connectivity index is 2.21. The number of rotatable bonds is 9. The van der Waals surface area contributed by atoms with Gasteiger partial charge in [0.05, 0.1) is 25.8 Å². The molecule has 0 aliphatic carbocycles. The number of ether oxygens (including phenoxy) is 2. The molecular weight excluding hydrogens is 455 g/mol. The highest BCUT2D eigenvalue weighted by molar-refractivity contribution is 14.1. The molecule has 5 nitrogen and oxygen atoms in total. The number of nitrogens with zero attached hydrogens (tertiary/aromatic N) is 1. The fraction of sp³-hybridized carbons (Fsp3) is 0.381. The van der Waals surface area contributed by atoms with Crippen LogP contribution < -0.4 is 14.8 Å². The number of hydrogen-bond donors (Lipinski definition) is 1. The molecule has 2 aromatic carbocycles. The number of carbonyl (C=O) groups is 1. The van der Waals surface area contributed by atoms with Crippen molar-refractivity contribution < 1.29 is 14.3 Å². The average Bonchev–Trinajstić information content (AvgIpc) is 2.71. The third-order valence-corrected chi connectivity index (χ3v) is 5.50. The minimum atomic E-state index is -0.117. The summed E-state index contributed by atoms with van der Waals surface area (Å²) in [6, 6.07) is 14.0. The third kappa shape index (κ3) is 5.35. The van der Waals surface area contributed by atoms with E-state index in [1.165, 1.54) is 5.56 Å². The zero-order valence-electron chi connectivity index (χ0n) is 16.3. The predicted octanol–water partition coefficient (Wildman–Crippen LogP) is 4.12. The molecule has 0 aliphatic heterocycles. The van der Waals surface area contributed by atoms with E-state index < -0.39 is 0 Å². The van der Waals surface area contributed by atoms with Gasteiger partial charge in [-0.2, -0.15) is 0 Å². The fourth-order valence-corrected chi connectivity index (χ4v) is 3.79. The first-order valence-electron chi connectivity index (χ1n) is 9.04. The quantitative estimate of drug-likeness (QED) is 0.547. The maximum absolute atomic E-state index is 12.8. The van der Waals surface area contributed by atoms with Crippen LogP contribution in [0.4, 0.5) is 0 Å². The molecule has 0 saturated carbocycles. The largest absolute Gasteiger partial charge is 0.493 e. The Morgan fingerprint density at radius 2 is 1.67 bits per heavy atom. The van der Waals surface area contributed by atoms with Gasteiger partial charge < -0.3 is 14.8 Å². The number of hydrogen-bond acceptors (Lipinski definition) is 4. The zero-order valence-corrected chi connectivity index (χ0v) is 18.4. The van der Waals surface area contributed by atoms with E-state index in [2.05, 4.69) is 58.8 Å². The molecule has 0 radical (unpaired) electrons. The Bertz CT molecular complexity index is 749. The van der Waals surface area contributed by atoms with Gasteiger partial charge in [0.25, 0.3) is 5.91 Å². The lowest BCUT2D eigenvalue weighted by molar-refractivity contribution is 0.0933. The molecule has 1 amide bonds. The summed E-state index contributed by atoms with van der Waals surface area (Å²) in [6.45, 7) is 6.64. The monoisotopic (exact) mass is 482 g/mol. The second kappa shape index (κ2) is 10.5. The lowest BCUT2D eigenvalue weighted by Gasteiger charge is -2.30. The summed E-state index contributed by atoms with van der Waals surface area (Å²) in [6.07, 6.45) is 0. The predicted molar refractivity (Wildman–Crippen MR) is 117 cm³/mol. The number of benzene rings is 2. The van der Waals surface area contributed by atoms with Gasteiger partial charge in [-0.15, -0.1) is 0 Å². The molecule has 0 saturated heterocycles. The summed E-state index contributed by atoms with van der Waals surface area (Å²) in [5, 5.41) is 3.09. The third-order valence-electron chi connectivity index (χ3n) is 4.61. The van der Waals surface area contributed by atoms with Crippen molar-refractivity contribution in [3.05, 3.63) is 57.2 Å².